The van der Waals surface area contributed by atoms with E-state index >= 15 is 0 Å². The van der Waals surface area contributed by atoms with Crippen LogP contribution in [0, 0.1) is 0 Å². The Hall–Kier alpha value is -5.72. The van der Waals surface area contributed by atoms with Crippen LogP contribution >= 0.6 is 0 Å². The van der Waals surface area contributed by atoms with E-state index < -0.39 is 256 Å². The zero-order chi connectivity index (χ0) is 53.4. The minimum absolute atomic E-state index is 0.574. The van der Waals surface area contributed by atoms with Crippen LogP contribution in [0.15, 0.2) is 169 Å². The molecule has 204 valence electrons. The van der Waals surface area contributed by atoms with Crippen LogP contribution in [0.5, 0.6) is 0 Å². The van der Waals surface area contributed by atoms with E-state index in [0.717, 1.165) is 0 Å². The summed E-state index contributed by atoms with van der Waals surface area (Å²) < 4.78 is 252. The minimum atomic E-state index is -1.12. The van der Waals surface area contributed by atoms with Crippen molar-refractivity contribution in [3.05, 3.63) is 169 Å². The summed E-state index contributed by atoms with van der Waals surface area (Å²) in [5.41, 5.74) is -4.68. The van der Waals surface area contributed by atoms with Crippen LogP contribution in [-0.4, -0.2) is 0 Å². The second kappa shape index (κ2) is 9.93. The predicted molar refractivity (Wildman–Crippen MR) is 190 cm³/mol. The fraction of sp³-hybridized carbons (Fsp3) is 0. The SMILES string of the molecule is [2H]c1c([2H])c([2H])c2c([2H])c(-c3c([2H])c([2H])c(-c4c5c([2H])c([2H])c([2H])c([2H])c5c(-c5c([2H])c([2H])c([2H])c6c([2H])c([2H])c([2H])c([2H])c56)c5c([2H])c([2H])c([2H])c([2H])c45)c4c([2H])c([2H])c([2H])c([2H])c34)c([2H])c([2H])c2c1[2H]. The van der Waals surface area contributed by atoms with Gasteiger partial charge in [-0.05, 0) is 93.3 Å². The summed E-state index contributed by atoms with van der Waals surface area (Å²) in [4.78, 5) is 0. The predicted octanol–water partition coefficient (Wildman–Crippen LogP) is 12.5. The molecule has 0 spiro atoms. The quantitative estimate of drug-likeness (QED) is 0.181. The van der Waals surface area contributed by atoms with Crippen molar-refractivity contribution in [2.75, 3.05) is 0 Å². The van der Waals surface area contributed by atoms with Gasteiger partial charge >= 0.3 is 0 Å². The highest BCUT2D eigenvalue weighted by atomic mass is 14.2. The van der Waals surface area contributed by atoms with Crippen LogP contribution in [0.25, 0.3) is 87.2 Å². The number of hydrogen-bond acceptors (Lipinski definition) is 0. The van der Waals surface area contributed by atoms with Gasteiger partial charge in [0.15, 0.2) is 0 Å². The lowest BCUT2D eigenvalue weighted by Gasteiger charge is -2.20. The van der Waals surface area contributed by atoms with E-state index in [9.17, 15) is 13.7 Å². The molecule has 0 aliphatic heterocycles. The van der Waals surface area contributed by atoms with Gasteiger partial charge in [0.25, 0.3) is 0 Å². The highest BCUT2D eigenvalue weighted by molar-refractivity contribution is 6.25. The van der Waals surface area contributed by atoms with Gasteiger partial charge in [0.1, 0.15) is 0 Å². The third-order valence-electron chi connectivity index (χ3n) is 7.19. The molecule has 44 heavy (non-hydrogen) atoms. The van der Waals surface area contributed by atoms with Crippen LogP contribution in [0.4, 0.5) is 0 Å². The first kappa shape index (κ1) is 9.64. The molecule has 0 bridgehead atoms. The Morgan fingerprint density at radius 3 is 1.34 bits per heavy atom. The molecule has 9 rings (SSSR count). The molecular weight excluding hydrogens is 528 g/mol. The number of benzene rings is 9. The van der Waals surface area contributed by atoms with E-state index in [1.807, 2.05) is 0 Å². The number of fused-ring (bicyclic) bond motifs is 5. The fourth-order valence-corrected chi connectivity index (χ4v) is 5.34. The summed E-state index contributed by atoms with van der Waals surface area (Å²) in [6.45, 7) is 0. The Balaban J connectivity index is 1.67. The first-order chi connectivity index (χ1) is 33.5. The Morgan fingerprint density at radius 1 is 0.273 bits per heavy atom. The molecular formula is C44H28. The monoisotopic (exact) mass is 584 g/mol. The number of rotatable bonds is 3. The van der Waals surface area contributed by atoms with E-state index in [1.54, 1.807) is 0 Å². The topological polar surface area (TPSA) is 0 Å². The highest BCUT2D eigenvalue weighted by Gasteiger charge is 2.19. The maximum Gasteiger partial charge on any atom is 0.0636 e. The van der Waals surface area contributed by atoms with Crippen molar-refractivity contribution in [1.29, 1.82) is 0 Å². The first-order valence-electron chi connectivity index (χ1n) is 27.0. The van der Waals surface area contributed by atoms with Crippen molar-refractivity contribution in [3.8, 4) is 33.4 Å². The number of hydrogen-bond donors (Lipinski definition) is 0. The molecule has 0 aliphatic rings. The van der Waals surface area contributed by atoms with E-state index in [4.69, 9.17) is 24.7 Å². The molecule has 0 fully saturated rings. The third-order valence-corrected chi connectivity index (χ3v) is 7.19. The lowest BCUT2D eigenvalue weighted by Crippen LogP contribution is -1.93. The molecule has 0 heteroatoms. The zero-order valence-electron chi connectivity index (χ0n) is 50.0. The van der Waals surface area contributed by atoms with Crippen molar-refractivity contribution in [3.63, 3.8) is 0 Å². The average molecular weight is 585 g/mol. The lowest BCUT2D eigenvalue weighted by molar-refractivity contribution is 1.66. The molecule has 0 saturated heterocycles. The minimum Gasteiger partial charge on any atom is -0.0616 e. The van der Waals surface area contributed by atoms with Gasteiger partial charge in [-0.1, -0.05) is 163 Å². The second-order valence-corrected chi connectivity index (χ2v) is 9.50. The van der Waals surface area contributed by atoms with E-state index in [-0.39, 0.29) is 0 Å². The van der Waals surface area contributed by atoms with Gasteiger partial charge in [0, 0.05) is 0 Å². The molecule has 0 unspecified atom stereocenters. The molecule has 0 amide bonds. The van der Waals surface area contributed by atoms with Crippen LogP contribution in [0.3, 0.4) is 0 Å². The van der Waals surface area contributed by atoms with E-state index in [2.05, 4.69) is 0 Å². The zero-order valence-corrected chi connectivity index (χ0v) is 22.0. The summed E-state index contributed by atoms with van der Waals surface area (Å²) in [6.07, 6.45) is 0. The molecule has 0 aliphatic carbocycles. The van der Waals surface area contributed by atoms with Gasteiger partial charge < -0.3 is 0 Å². The summed E-state index contributed by atoms with van der Waals surface area (Å²) in [6, 6.07) is -26.9. The maximum atomic E-state index is 9.81. The van der Waals surface area contributed by atoms with Crippen molar-refractivity contribution in [2.45, 2.75) is 0 Å². The van der Waals surface area contributed by atoms with E-state index in [1.165, 1.54) is 0 Å². The van der Waals surface area contributed by atoms with Gasteiger partial charge in [-0.3, -0.25) is 0 Å². The Labute approximate surface area is 295 Å². The van der Waals surface area contributed by atoms with E-state index in [0.29, 0.717) is 0 Å². The molecule has 9 aromatic carbocycles. The summed E-state index contributed by atoms with van der Waals surface area (Å²) >= 11 is 0. The molecule has 9 aromatic rings. The Kier molecular flexibility index (Phi) is 2.18. The molecule has 0 nitrogen and oxygen atoms in total. The standard InChI is InChI=1S/C44H28/c1-2-14-31-28-32(25-24-29(31)12-1)34-26-27-42(36-18-6-5-17-35(34)36)44-40-21-9-7-19-38(40)43(39-20-8-10-22-41(39)44)37-23-11-15-30-13-3-4-16-33(30)37/h1-28H/i1D,2D,3D,4D,5D,6D,7D,8D,9D,10D,11D,12D,13D,14D,15D,16D,17D,18D,19D,20D,21D,22D,23D,24D,25D,26D,27D,28D. The van der Waals surface area contributed by atoms with Crippen LogP contribution in [0.1, 0.15) is 38.4 Å². The molecule has 0 N–H and O–H groups in total. The van der Waals surface area contributed by atoms with Gasteiger partial charge in [0.2, 0.25) is 0 Å². The van der Waals surface area contributed by atoms with Gasteiger partial charge in [-0.25, -0.2) is 0 Å². The molecule has 0 heterocycles. The van der Waals surface area contributed by atoms with Gasteiger partial charge in [-0.2, -0.15) is 0 Å². The molecule has 0 aromatic heterocycles. The van der Waals surface area contributed by atoms with Gasteiger partial charge in [0.05, 0.1) is 38.4 Å². The Bertz CT molecular complexity index is 4030. The van der Waals surface area contributed by atoms with Gasteiger partial charge in [-0.15, -0.1) is 0 Å². The van der Waals surface area contributed by atoms with Crippen molar-refractivity contribution < 1.29 is 38.4 Å². The van der Waals surface area contributed by atoms with Crippen molar-refractivity contribution in [2.24, 2.45) is 0 Å². The first-order valence-corrected chi connectivity index (χ1v) is 13.0. The largest absolute Gasteiger partial charge is 0.0636 e. The van der Waals surface area contributed by atoms with Crippen molar-refractivity contribution >= 4 is 53.9 Å². The fourth-order valence-electron chi connectivity index (χ4n) is 5.34. The highest BCUT2D eigenvalue weighted by Crippen LogP contribution is 2.47. The Morgan fingerprint density at radius 2 is 0.705 bits per heavy atom. The smallest absolute Gasteiger partial charge is 0.0616 e. The second-order valence-electron chi connectivity index (χ2n) is 9.50. The third kappa shape index (κ3) is 3.78. The molecule has 0 atom stereocenters. The average Bonchev–Trinajstić information content (AvgIpc) is 3.35. The summed E-state index contributed by atoms with van der Waals surface area (Å²) in [7, 11) is 0. The molecule has 0 radical (unpaired) electrons. The van der Waals surface area contributed by atoms with Crippen LogP contribution < -0.4 is 0 Å². The van der Waals surface area contributed by atoms with Crippen LogP contribution in [-0.2, 0) is 0 Å². The van der Waals surface area contributed by atoms with Crippen LogP contribution in [0.2, 0.25) is 0 Å². The maximum absolute atomic E-state index is 9.81. The summed E-state index contributed by atoms with van der Waals surface area (Å²) in [5.74, 6) is 0. The molecule has 0 saturated carbocycles. The summed E-state index contributed by atoms with van der Waals surface area (Å²) in [5, 5.41) is -7.15. The lowest BCUT2D eigenvalue weighted by atomic mass is 9.83. The van der Waals surface area contributed by atoms with Crippen molar-refractivity contribution in [1.82, 2.24) is 0 Å². The normalized spacial score (nSPS) is 20.5.